The number of benzene rings is 2. The first-order valence-corrected chi connectivity index (χ1v) is 13.1. The maximum absolute atomic E-state index is 13.8. The molecule has 188 valence electrons. The number of carbonyl (C=O) groups is 2. The molecule has 1 aliphatic heterocycles. The Kier molecular flexibility index (Phi) is 8.45. The molecule has 35 heavy (non-hydrogen) atoms. The number of nitrogens with zero attached hydrogens (tertiary/aromatic N) is 2. The van der Waals surface area contributed by atoms with Gasteiger partial charge in [0.25, 0.3) is 0 Å². The third-order valence-electron chi connectivity index (χ3n) is 7.63. The number of amides is 1. The normalized spacial score (nSPS) is 19.7. The number of nitrogens with one attached hydrogen (secondary N) is 1. The third-order valence-corrected chi connectivity index (χ3v) is 7.63. The Morgan fingerprint density at radius 2 is 1.77 bits per heavy atom. The second-order valence-electron chi connectivity index (χ2n) is 10.3. The zero-order chi connectivity index (χ0) is 24.8. The number of anilines is 2. The van der Waals surface area contributed by atoms with Crippen LogP contribution in [-0.4, -0.2) is 43.2 Å². The van der Waals surface area contributed by atoms with Crippen LogP contribution in [0.3, 0.4) is 0 Å². The Bertz CT molecular complexity index is 998. The molecule has 0 radical (unpaired) electrons. The topological polar surface area (TPSA) is 72.9 Å². The molecule has 2 aromatic carbocycles. The maximum atomic E-state index is 13.8. The smallest absolute Gasteiger partial charge is 0.320 e. The summed E-state index contributed by atoms with van der Waals surface area (Å²) in [5.41, 5.74) is 4.21. The van der Waals surface area contributed by atoms with E-state index in [1.54, 1.807) is 0 Å². The fraction of sp³-hybridized carbons (Fsp3) is 0.517. The highest BCUT2D eigenvalue weighted by molar-refractivity contribution is 5.98. The van der Waals surface area contributed by atoms with E-state index in [1.807, 2.05) is 37.2 Å². The number of hydrogen-bond donors (Lipinski definition) is 2. The summed E-state index contributed by atoms with van der Waals surface area (Å²) in [6.07, 6.45) is 9.01. The number of aryl methyl sites for hydroxylation is 1. The first kappa shape index (κ1) is 25.2. The van der Waals surface area contributed by atoms with Gasteiger partial charge < -0.3 is 14.9 Å². The lowest BCUT2D eigenvalue weighted by molar-refractivity contribution is -0.140. The van der Waals surface area contributed by atoms with Gasteiger partial charge in [-0.1, -0.05) is 62.4 Å². The molecule has 0 spiro atoms. The van der Waals surface area contributed by atoms with E-state index in [0.717, 1.165) is 35.3 Å². The molecule has 2 aliphatic rings. The van der Waals surface area contributed by atoms with Crippen molar-refractivity contribution in [3.8, 4) is 0 Å². The average molecular weight is 478 g/mol. The number of fused-ring (bicyclic) bond motifs is 1. The Morgan fingerprint density at radius 1 is 1.06 bits per heavy atom. The van der Waals surface area contributed by atoms with E-state index in [1.165, 1.54) is 32.1 Å². The first-order valence-electron chi connectivity index (χ1n) is 13.1. The van der Waals surface area contributed by atoms with Crippen LogP contribution in [0.15, 0.2) is 48.5 Å². The van der Waals surface area contributed by atoms with E-state index in [9.17, 15) is 14.7 Å². The molecular weight excluding hydrogens is 438 g/mol. The molecule has 0 aromatic heterocycles. The summed E-state index contributed by atoms with van der Waals surface area (Å²) in [6, 6.07) is 15.1. The van der Waals surface area contributed by atoms with Crippen molar-refractivity contribution < 1.29 is 14.7 Å². The highest BCUT2D eigenvalue weighted by Crippen LogP contribution is 2.30. The SMILES string of the molecule is CN(C)c1ccc(CN2C(=O)[C@H](N[C@@H](CCC3CCCCC3)C(=O)O)CCc3ccccc32)cc1. The lowest BCUT2D eigenvalue weighted by Gasteiger charge is -2.29. The molecule has 4 rings (SSSR count). The minimum Gasteiger partial charge on any atom is -0.480 e. The molecule has 1 heterocycles. The quantitative estimate of drug-likeness (QED) is 0.532. The Labute approximate surface area is 209 Å². The van der Waals surface area contributed by atoms with Gasteiger partial charge in [-0.2, -0.15) is 0 Å². The highest BCUT2D eigenvalue weighted by Gasteiger charge is 2.33. The van der Waals surface area contributed by atoms with Gasteiger partial charge in [0, 0.05) is 25.5 Å². The molecule has 0 saturated heterocycles. The van der Waals surface area contributed by atoms with Gasteiger partial charge in [0.05, 0.1) is 12.6 Å². The second kappa shape index (κ2) is 11.7. The van der Waals surface area contributed by atoms with Gasteiger partial charge >= 0.3 is 5.97 Å². The van der Waals surface area contributed by atoms with Crippen LogP contribution in [0.2, 0.25) is 0 Å². The molecule has 0 bridgehead atoms. The lowest BCUT2D eigenvalue weighted by Crippen LogP contribution is -2.51. The molecule has 1 aliphatic carbocycles. The summed E-state index contributed by atoms with van der Waals surface area (Å²) in [7, 11) is 4.01. The van der Waals surface area contributed by atoms with Crippen molar-refractivity contribution in [3.05, 3.63) is 59.7 Å². The fourth-order valence-corrected chi connectivity index (χ4v) is 5.51. The van der Waals surface area contributed by atoms with Crippen LogP contribution in [0.5, 0.6) is 0 Å². The van der Waals surface area contributed by atoms with Gasteiger partial charge in [0.2, 0.25) is 5.91 Å². The van der Waals surface area contributed by atoms with Crippen molar-refractivity contribution in [3.63, 3.8) is 0 Å². The molecular formula is C29H39N3O3. The number of hydrogen-bond acceptors (Lipinski definition) is 4. The van der Waals surface area contributed by atoms with E-state index >= 15 is 0 Å². The van der Waals surface area contributed by atoms with Crippen molar-refractivity contribution in [1.29, 1.82) is 0 Å². The summed E-state index contributed by atoms with van der Waals surface area (Å²) in [4.78, 5) is 29.8. The van der Waals surface area contributed by atoms with E-state index in [2.05, 4.69) is 40.5 Å². The van der Waals surface area contributed by atoms with Gasteiger partial charge in [0.15, 0.2) is 0 Å². The number of rotatable bonds is 9. The molecule has 6 nitrogen and oxygen atoms in total. The van der Waals surface area contributed by atoms with Gasteiger partial charge in [-0.25, -0.2) is 0 Å². The Hall–Kier alpha value is -2.86. The summed E-state index contributed by atoms with van der Waals surface area (Å²) >= 11 is 0. The van der Waals surface area contributed by atoms with Crippen LogP contribution in [0, 0.1) is 5.92 Å². The Morgan fingerprint density at radius 3 is 2.46 bits per heavy atom. The molecule has 6 heteroatoms. The summed E-state index contributed by atoms with van der Waals surface area (Å²) in [5.74, 6) is -0.292. The van der Waals surface area contributed by atoms with Gasteiger partial charge in [0.1, 0.15) is 6.04 Å². The average Bonchev–Trinajstić information content (AvgIpc) is 2.99. The maximum Gasteiger partial charge on any atom is 0.320 e. The number of carboxylic acids is 1. The van der Waals surface area contributed by atoms with E-state index in [0.29, 0.717) is 25.3 Å². The number of para-hydroxylation sites is 1. The molecule has 1 saturated carbocycles. The minimum absolute atomic E-state index is 0.0458. The van der Waals surface area contributed by atoms with Crippen molar-refractivity contribution in [2.24, 2.45) is 5.92 Å². The Balaban J connectivity index is 1.51. The predicted molar refractivity (Wildman–Crippen MR) is 141 cm³/mol. The summed E-state index contributed by atoms with van der Waals surface area (Å²) in [5, 5.41) is 13.2. The van der Waals surface area contributed by atoms with Crippen LogP contribution in [0.4, 0.5) is 11.4 Å². The summed E-state index contributed by atoms with van der Waals surface area (Å²) in [6.45, 7) is 0.460. The standard InChI is InChI=1S/C29H39N3O3/c1-31(2)24-16-12-22(13-17-24)20-32-27-11-7-6-10-23(27)15-19-25(28(32)33)30-26(29(34)35)18-14-21-8-4-3-5-9-21/h6-7,10-13,16-17,21,25-26,30H,3-5,8-9,14-15,18-20H2,1-2H3,(H,34,35)/t25-,26+/m1/s1. The summed E-state index contributed by atoms with van der Waals surface area (Å²) < 4.78 is 0. The van der Waals surface area contributed by atoms with Crippen LogP contribution < -0.4 is 15.1 Å². The fourth-order valence-electron chi connectivity index (χ4n) is 5.51. The van der Waals surface area contributed by atoms with E-state index < -0.39 is 18.1 Å². The predicted octanol–water partition coefficient (Wildman–Crippen LogP) is 5.00. The van der Waals surface area contributed by atoms with Crippen molar-refractivity contribution >= 4 is 23.3 Å². The number of aliphatic carboxylic acids is 1. The van der Waals surface area contributed by atoms with Crippen LogP contribution in [0.25, 0.3) is 0 Å². The van der Waals surface area contributed by atoms with Crippen molar-refractivity contribution in [2.75, 3.05) is 23.9 Å². The van der Waals surface area contributed by atoms with Gasteiger partial charge in [-0.15, -0.1) is 0 Å². The lowest BCUT2D eigenvalue weighted by atomic mass is 9.85. The van der Waals surface area contributed by atoms with Crippen LogP contribution >= 0.6 is 0 Å². The zero-order valence-corrected chi connectivity index (χ0v) is 21.1. The molecule has 1 amide bonds. The number of carbonyl (C=O) groups excluding carboxylic acids is 1. The van der Waals surface area contributed by atoms with E-state index in [-0.39, 0.29) is 5.91 Å². The monoisotopic (exact) mass is 477 g/mol. The zero-order valence-electron chi connectivity index (χ0n) is 21.1. The molecule has 2 N–H and O–H groups in total. The largest absolute Gasteiger partial charge is 0.480 e. The van der Waals surface area contributed by atoms with Crippen molar-refractivity contribution in [1.82, 2.24) is 5.32 Å². The van der Waals surface area contributed by atoms with Gasteiger partial charge in [-0.05, 0) is 60.9 Å². The molecule has 0 unspecified atom stereocenters. The second-order valence-corrected chi connectivity index (χ2v) is 10.3. The molecule has 2 atom stereocenters. The highest BCUT2D eigenvalue weighted by atomic mass is 16.4. The van der Waals surface area contributed by atoms with Gasteiger partial charge in [-0.3, -0.25) is 14.9 Å². The van der Waals surface area contributed by atoms with Crippen LogP contribution in [0.1, 0.15) is 62.5 Å². The minimum atomic E-state index is -0.860. The number of carboxylic acid groups (broad SMARTS) is 1. The first-order chi connectivity index (χ1) is 16.9. The molecule has 2 aromatic rings. The van der Waals surface area contributed by atoms with Crippen LogP contribution in [-0.2, 0) is 22.6 Å². The third kappa shape index (κ3) is 6.43. The van der Waals surface area contributed by atoms with Crippen molar-refractivity contribution in [2.45, 2.75) is 76.4 Å². The van der Waals surface area contributed by atoms with E-state index in [4.69, 9.17) is 0 Å². The molecule has 1 fully saturated rings.